The van der Waals surface area contributed by atoms with Crippen LogP contribution in [0.15, 0.2) is 77.2 Å². The highest BCUT2D eigenvalue weighted by Crippen LogP contribution is 2.22. The van der Waals surface area contributed by atoms with E-state index in [9.17, 15) is 8.42 Å². The van der Waals surface area contributed by atoms with E-state index < -0.39 is 10.0 Å². The molecule has 0 N–H and O–H groups in total. The Morgan fingerprint density at radius 2 is 1.62 bits per heavy atom. The van der Waals surface area contributed by atoms with Crippen LogP contribution >= 0.6 is 12.2 Å². The van der Waals surface area contributed by atoms with Crippen molar-refractivity contribution >= 4 is 27.3 Å². The maximum atomic E-state index is 12.5. The molecule has 138 valence electrons. The molecule has 26 heavy (non-hydrogen) atoms. The van der Waals surface area contributed by atoms with Crippen LogP contribution in [0.25, 0.3) is 0 Å². The molecule has 0 saturated heterocycles. The van der Waals surface area contributed by atoms with Crippen LogP contribution in [-0.2, 0) is 14.8 Å². The second kappa shape index (κ2) is 9.62. The van der Waals surface area contributed by atoms with Gasteiger partial charge in [-0.25, -0.2) is 8.42 Å². The Morgan fingerprint density at radius 3 is 2.12 bits per heavy atom. The molecule has 0 spiro atoms. The first-order chi connectivity index (χ1) is 12.4. The second-order valence-electron chi connectivity index (χ2n) is 5.72. The summed E-state index contributed by atoms with van der Waals surface area (Å²) in [5, 5.41) is 0.383. The summed E-state index contributed by atoms with van der Waals surface area (Å²) in [7, 11) is -3.47. The van der Waals surface area contributed by atoms with E-state index in [1.54, 1.807) is 24.3 Å². The Labute approximate surface area is 161 Å². The van der Waals surface area contributed by atoms with Crippen molar-refractivity contribution in [1.82, 2.24) is 4.31 Å². The van der Waals surface area contributed by atoms with Gasteiger partial charge >= 0.3 is 0 Å². The maximum Gasteiger partial charge on any atom is 0.243 e. The number of aryl methyl sites for hydroxylation is 1. The summed E-state index contributed by atoms with van der Waals surface area (Å²) < 4.78 is 31.6. The summed E-state index contributed by atoms with van der Waals surface area (Å²) in [5.41, 5.74) is 1.79. The third-order valence-electron chi connectivity index (χ3n) is 3.75. The van der Waals surface area contributed by atoms with E-state index in [-0.39, 0.29) is 6.54 Å². The molecule has 0 saturated carbocycles. The lowest BCUT2D eigenvalue weighted by molar-refractivity contribution is 0.335. The fraction of sp³-hybridized carbons (Fsp3) is 0.250. The van der Waals surface area contributed by atoms with Crippen molar-refractivity contribution in [2.45, 2.75) is 18.7 Å². The van der Waals surface area contributed by atoms with Crippen molar-refractivity contribution in [2.75, 3.05) is 19.7 Å². The summed E-state index contributed by atoms with van der Waals surface area (Å²) in [5.74, 6) is 0. The first kappa shape index (κ1) is 20.3. The van der Waals surface area contributed by atoms with Crippen molar-refractivity contribution in [3.63, 3.8) is 0 Å². The topological polar surface area (TPSA) is 46.6 Å². The van der Waals surface area contributed by atoms with Crippen LogP contribution < -0.4 is 0 Å². The van der Waals surface area contributed by atoms with Gasteiger partial charge in [0.1, 0.15) is 0 Å². The number of benzene rings is 2. The van der Waals surface area contributed by atoms with Crippen molar-refractivity contribution < 1.29 is 13.2 Å². The van der Waals surface area contributed by atoms with E-state index in [1.165, 1.54) is 4.31 Å². The lowest BCUT2D eigenvalue weighted by Crippen LogP contribution is -2.30. The molecule has 4 nitrogen and oxygen atoms in total. The summed E-state index contributed by atoms with van der Waals surface area (Å²) in [6.07, 6.45) is 1.81. The molecule has 1 heterocycles. The van der Waals surface area contributed by atoms with Crippen LogP contribution in [0.1, 0.15) is 12.5 Å². The molecule has 0 aliphatic carbocycles. The minimum absolute atomic E-state index is 0.273. The maximum absolute atomic E-state index is 12.5. The Hall–Kier alpha value is -2.02. The van der Waals surface area contributed by atoms with Gasteiger partial charge in [0.2, 0.25) is 10.0 Å². The zero-order valence-electron chi connectivity index (χ0n) is 15.0. The molecule has 0 unspecified atom stereocenters. The smallest absolute Gasteiger partial charge is 0.243 e. The normalized spacial score (nSPS) is 14.2. The largest absolute Gasteiger partial charge is 0.483 e. The van der Waals surface area contributed by atoms with Gasteiger partial charge in [0.15, 0.2) is 5.05 Å². The van der Waals surface area contributed by atoms with Crippen molar-refractivity contribution in [3.8, 4) is 0 Å². The molecule has 0 bridgehead atoms. The van der Waals surface area contributed by atoms with Crippen molar-refractivity contribution in [3.05, 3.63) is 77.9 Å². The predicted octanol–water partition coefficient (Wildman–Crippen LogP) is 3.98. The Balaban J connectivity index is 0.000000342. The highest BCUT2D eigenvalue weighted by Gasteiger charge is 2.29. The monoisotopic (exact) mass is 389 g/mol. The zero-order valence-corrected chi connectivity index (χ0v) is 16.6. The Bertz CT molecular complexity index is 818. The van der Waals surface area contributed by atoms with E-state index in [2.05, 4.69) is 0 Å². The van der Waals surface area contributed by atoms with Gasteiger partial charge in [-0.3, -0.25) is 0 Å². The molecule has 0 radical (unpaired) electrons. The fourth-order valence-corrected chi connectivity index (χ4v) is 3.95. The molecule has 3 rings (SSSR count). The number of nitrogens with zero attached hydrogens (tertiary/aromatic N) is 1. The Morgan fingerprint density at radius 1 is 1.08 bits per heavy atom. The molecule has 1 aliphatic rings. The van der Waals surface area contributed by atoms with Crippen LogP contribution in [0.3, 0.4) is 0 Å². The number of thiocarbonyl (C=S) groups is 1. The Kier molecular flexibility index (Phi) is 7.50. The van der Waals surface area contributed by atoms with E-state index in [1.807, 2.05) is 56.3 Å². The van der Waals surface area contributed by atoms with Crippen LogP contribution in [0.5, 0.6) is 0 Å². The molecule has 6 heteroatoms. The van der Waals surface area contributed by atoms with Gasteiger partial charge in [0, 0.05) is 18.7 Å². The van der Waals surface area contributed by atoms with Crippen molar-refractivity contribution in [2.24, 2.45) is 0 Å². The predicted molar refractivity (Wildman–Crippen MR) is 109 cm³/mol. The van der Waals surface area contributed by atoms with Gasteiger partial charge < -0.3 is 4.74 Å². The van der Waals surface area contributed by atoms with Crippen molar-refractivity contribution in [1.29, 1.82) is 0 Å². The average Bonchev–Trinajstić information content (AvgIpc) is 3.15. The molecular weight excluding hydrogens is 366 g/mol. The standard InChI is InChI=1S/C14H17NO3S2.C6H6/c1-3-18-14(19)12-8-9-15(10-12)20(16,17)13-6-4-11(2)5-7-13;1-2-4-6-5-3-1/h4-8H,3,9-10H2,1-2H3;1-6H. The van der Waals surface area contributed by atoms with Gasteiger partial charge in [-0.2, -0.15) is 4.31 Å². The summed E-state index contributed by atoms with van der Waals surface area (Å²) >= 11 is 5.11. The quantitative estimate of drug-likeness (QED) is 0.742. The lowest BCUT2D eigenvalue weighted by atomic mass is 10.2. The third kappa shape index (κ3) is 5.49. The second-order valence-corrected chi connectivity index (χ2v) is 8.02. The summed E-state index contributed by atoms with van der Waals surface area (Å²) in [6.45, 7) is 4.86. The van der Waals surface area contributed by atoms with Gasteiger partial charge in [-0.1, -0.05) is 60.2 Å². The van der Waals surface area contributed by atoms with Gasteiger partial charge in [0.25, 0.3) is 0 Å². The molecule has 0 atom stereocenters. The van der Waals surface area contributed by atoms with E-state index >= 15 is 0 Å². The van der Waals surface area contributed by atoms with E-state index in [0.29, 0.717) is 23.1 Å². The lowest BCUT2D eigenvalue weighted by Gasteiger charge is -2.17. The molecule has 0 aromatic heterocycles. The number of sulfonamides is 1. The third-order valence-corrected chi connectivity index (χ3v) is 5.96. The van der Waals surface area contributed by atoms with E-state index in [4.69, 9.17) is 17.0 Å². The number of hydrogen-bond acceptors (Lipinski definition) is 4. The van der Waals surface area contributed by atoms with Crippen LogP contribution in [0.4, 0.5) is 0 Å². The van der Waals surface area contributed by atoms with Gasteiger partial charge in [-0.05, 0) is 38.2 Å². The molecule has 0 amide bonds. The van der Waals surface area contributed by atoms with Gasteiger partial charge in [0.05, 0.1) is 11.5 Å². The molecule has 0 fully saturated rings. The SMILES string of the molecule is CCOC(=S)C1=CCN(S(=O)(=O)c2ccc(C)cc2)C1.c1ccccc1. The molecule has 2 aromatic carbocycles. The number of ether oxygens (including phenoxy) is 1. The highest BCUT2D eigenvalue weighted by molar-refractivity contribution is 7.89. The molecule has 2 aromatic rings. The molecule has 1 aliphatic heterocycles. The van der Waals surface area contributed by atoms with Gasteiger partial charge in [-0.15, -0.1) is 0 Å². The minimum atomic E-state index is -3.47. The van der Waals surface area contributed by atoms with Crippen LogP contribution in [0, 0.1) is 6.92 Å². The number of rotatable bonds is 4. The first-order valence-corrected chi connectivity index (χ1v) is 10.2. The average molecular weight is 390 g/mol. The van der Waals surface area contributed by atoms with E-state index in [0.717, 1.165) is 11.1 Å². The summed E-state index contributed by atoms with van der Waals surface area (Å²) in [6, 6.07) is 18.8. The van der Waals surface area contributed by atoms with Crippen LogP contribution in [0.2, 0.25) is 0 Å². The fourth-order valence-electron chi connectivity index (χ4n) is 2.33. The minimum Gasteiger partial charge on any atom is -0.483 e. The molecular formula is C20H23NO3S2. The first-order valence-electron chi connectivity index (χ1n) is 8.38. The summed E-state index contributed by atoms with van der Waals surface area (Å²) in [4.78, 5) is 0.306. The number of hydrogen-bond donors (Lipinski definition) is 0. The van der Waals surface area contributed by atoms with Crippen LogP contribution in [-0.4, -0.2) is 37.5 Å². The highest BCUT2D eigenvalue weighted by atomic mass is 32.2. The zero-order chi connectivity index (χ0) is 19.0.